The third kappa shape index (κ3) is 7.10. The summed E-state index contributed by atoms with van der Waals surface area (Å²) in [5, 5.41) is 0.898. The van der Waals surface area contributed by atoms with E-state index in [2.05, 4.69) is 11.1 Å². The molecule has 0 unspecified atom stereocenters. The fraction of sp³-hybridized carbons (Fsp3) is 0.364. The minimum absolute atomic E-state index is 0.126. The van der Waals surface area contributed by atoms with Crippen molar-refractivity contribution in [1.82, 2.24) is 23.1 Å². The zero-order chi connectivity index (χ0) is 33.2. The van der Waals surface area contributed by atoms with Crippen molar-refractivity contribution in [2.75, 3.05) is 46.3 Å². The molecule has 5 rings (SSSR count). The van der Waals surface area contributed by atoms with Gasteiger partial charge in [-0.2, -0.15) is 12.7 Å². The van der Waals surface area contributed by atoms with Crippen LogP contribution in [-0.4, -0.2) is 84.7 Å². The number of hydrogen-bond donors (Lipinski definition) is 0. The lowest BCUT2D eigenvalue weighted by molar-refractivity contribution is 0.0270. The molecule has 1 aliphatic heterocycles. The molecule has 1 amide bonds. The molecule has 4 aromatic rings. The molecular formula is C33H40N6O6S. The number of nitrogens with zero attached hydrogens (tertiary/aromatic N) is 6. The number of imidazole rings is 1. The number of amides is 1. The highest BCUT2D eigenvalue weighted by molar-refractivity contribution is 7.87. The largest absolute Gasteiger partial charge is 0.497 e. The minimum atomic E-state index is -3.81. The van der Waals surface area contributed by atoms with E-state index in [0.717, 1.165) is 32.0 Å². The molecular weight excluding hydrogens is 608 g/mol. The average molecular weight is 649 g/mol. The lowest BCUT2D eigenvalue weighted by Gasteiger charge is -2.29. The highest BCUT2D eigenvalue weighted by Gasteiger charge is 2.25. The maximum absolute atomic E-state index is 13.1. The van der Waals surface area contributed by atoms with Crippen LogP contribution in [0.15, 0.2) is 67.1 Å². The topological polar surface area (TPSA) is 119 Å². The van der Waals surface area contributed by atoms with Gasteiger partial charge >= 0.3 is 16.3 Å². The molecule has 2 aromatic heterocycles. The molecule has 0 saturated heterocycles. The molecule has 0 saturated carbocycles. The highest BCUT2D eigenvalue weighted by atomic mass is 32.2. The van der Waals surface area contributed by atoms with Crippen molar-refractivity contribution >= 4 is 44.2 Å². The van der Waals surface area contributed by atoms with E-state index in [4.69, 9.17) is 19.2 Å². The second-order valence-corrected chi connectivity index (χ2v) is 14.1. The molecule has 13 heteroatoms. The molecule has 3 heterocycles. The normalized spacial score (nSPS) is 13.9. The van der Waals surface area contributed by atoms with Crippen LogP contribution in [0.2, 0.25) is 0 Å². The predicted molar refractivity (Wildman–Crippen MR) is 178 cm³/mol. The Kier molecular flexibility index (Phi) is 9.27. The van der Waals surface area contributed by atoms with E-state index in [9.17, 15) is 13.2 Å². The van der Waals surface area contributed by atoms with Gasteiger partial charge < -0.3 is 24.0 Å². The summed E-state index contributed by atoms with van der Waals surface area (Å²) in [4.78, 5) is 25.3. The third-order valence-corrected chi connectivity index (χ3v) is 9.30. The van der Waals surface area contributed by atoms with Crippen molar-refractivity contribution in [2.24, 2.45) is 0 Å². The van der Waals surface area contributed by atoms with Crippen LogP contribution in [-0.2, 0) is 21.5 Å². The lowest BCUT2D eigenvalue weighted by Crippen LogP contribution is -2.39. The van der Waals surface area contributed by atoms with Gasteiger partial charge in [0.1, 0.15) is 22.9 Å². The number of methoxy groups -OCH3 is 2. The number of hydrogen-bond acceptors (Lipinski definition) is 9. The molecule has 1 aliphatic rings. The van der Waals surface area contributed by atoms with Crippen molar-refractivity contribution in [3.8, 4) is 11.5 Å². The molecule has 0 fully saturated rings. The summed E-state index contributed by atoms with van der Waals surface area (Å²) in [6.45, 7) is 6.70. The van der Waals surface area contributed by atoms with E-state index in [0.29, 0.717) is 42.5 Å². The van der Waals surface area contributed by atoms with Crippen molar-refractivity contribution in [2.45, 2.75) is 39.3 Å². The SMILES string of the molecule is COc1cc(OC)cc(N(Cc2nccn2S(=O)(=O)N(C)C)c2ccc3ncc(C4=CCN(C(=O)OC(C)(C)C)CC4)cc3c2)c1. The van der Waals surface area contributed by atoms with Crippen LogP contribution >= 0.6 is 0 Å². The quantitative estimate of drug-likeness (QED) is 0.233. The summed E-state index contributed by atoms with van der Waals surface area (Å²) in [6.07, 6.45) is 7.15. The van der Waals surface area contributed by atoms with E-state index < -0.39 is 15.8 Å². The zero-order valence-corrected chi connectivity index (χ0v) is 28.0. The van der Waals surface area contributed by atoms with Crippen molar-refractivity contribution < 1.29 is 27.4 Å². The Hall–Kier alpha value is -4.62. The van der Waals surface area contributed by atoms with Crippen LogP contribution in [0, 0.1) is 0 Å². The van der Waals surface area contributed by atoms with Crippen LogP contribution in [0.5, 0.6) is 11.5 Å². The number of ether oxygens (including phenoxy) is 3. The number of pyridine rings is 1. The van der Waals surface area contributed by atoms with Crippen LogP contribution in [0.4, 0.5) is 16.2 Å². The first-order chi connectivity index (χ1) is 21.8. The molecule has 0 N–H and O–H groups in total. The number of rotatable bonds is 9. The monoisotopic (exact) mass is 648 g/mol. The molecule has 0 bridgehead atoms. The predicted octanol–water partition coefficient (Wildman–Crippen LogP) is 5.47. The molecule has 0 spiro atoms. The minimum Gasteiger partial charge on any atom is -0.497 e. The van der Waals surface area contributed by atoms with Gasteiger partial charge in [0.2, 0.25) is 0 Å². The van der Waals surface area contributed by atoms with Gasteiger partial charge in [0, 0.05) is 80.7 Å². The number of carbonyl (C=O) groups excluding carboxylic acids is 1. The van der Waals surface area contributed by atoms with Crippen LogP contribution in [0.3, 0.4) is 0 Å². The highest BCUT2D eigenvalue weighted by Crippen LogP contribution is 2.36. The third-order valence-electron chi connectivity index (χ3n) is 7.55. The standard InChI is InChI=1S/C33H40N6O6S/c1-33(2,3)45-32(40)37-13-10-23(11-14-37)25-16-24-17-26(8-9-30(24)35-21-25)38(27-18-28(43-6)20-29(19-27)44-7)22-31-34-12-15-39(31)46(41,42)36(4)5/h8-10,12,15-21H,11,13-14,22H2,1-7H3. The van der Waals surface area contributed by atoms with E-state index in [1.54, 1.807) is 25.2 Å². The number of benzene rings is 2. The summed E-state index contributed by atoms with van der Waals surface area (Å²) < 4.78 is 45.2. The molecule has 12 nitrogen and oxygen atoms in total. The van der Waals surface area contributed by atoms with Crippen molar-refractivity contribution in [3.63, 3.8) is 0 Å². The Morgan fingerprint density at radius 3 is 2.30 bits per heavy atom. The Morgan fingerprint density at radius 2 is 1.70 bits per heavy atom. The van der Waals surface area contributed by atoms with Gasteiger partial charge in [0.15, 0.2) is 0 Å². The Balaban J connectivity index is 1.53. The van der Waals surface area contributed by atoms with E-state index in [1.165, 1.54) is 30.5 Å². The second kappa shape index (κ2) is 13.0. The summed E-state index contributed by atoms with van der Waals surface area (Å²) >= 11 is 0. The zero-order valence-electron chi connectivity index (χ0n) is 27.2. The molecule has 244 valence electrons. The van der Waals surface area contributed by atoms with E-state index in [-0.39, 0.29) is 12.6 Å². The van der Waals surface area contributed by atoms with Gasteiger partial charge in [-0.3, -0.25) is 4.98 Å². The smallest absolute Gasteiger partial charge is 0.410 e. The molecule has 0 atom stereocenters. The van der Waals surface area contributed by atoms with Crippen molar-refractivity contribution in [1.29, 1.82) is 0 Å². The summed E-state index contributed by atoms with van der Waals surface area (Å²) in [5.41, 5.74) is 3.82. The van der Waals surface area contributed by atoms with Crippen LogP contribution < -0.4 is 14.4 Å². The number of anilines is 2. The first kappa shape index (κ1) is 32.8. The van der Waals surface area contributed by atoms with Crippen molar-refractivity contribution in [3.05, 3.63) is 78.5 Å². The Labute approximate surface area is 270 Å². The molecule has 0 aliphatic carbocycles. The fourth-order valence-electron chi connectivity index (χ4n) is 5.13. The summed E-state index contributed by atoms with van der Waals surface area (Å²) in [7, 11) is 2.31. The van der Waals surface area contributed by atoms with Gasteiger partial charge in [-0.25, -0.2) is 13.8 Å². The summed E-state index contributed by atoms with van der Waals surface area (Å²) in [5.74, 6) is 1.49. The first-order valence-corrected chi connectivity index (χ1v) is 16.2. The second-order valence-electron chi connectivity index (χ2n) is 12.1. The van der Waals surface area contributed by atoms with E-state index >= 15 is 0 Å². The Morgan fingerprint density at radius 1 is 0.978 bits per heavy atom. The first-order valence-electron chi connectivity index (χ1n) is 14.8. The summed E-state index contributed by atoms with van der Waals surface area (Å²) in [6, 6.07) is 13.5. The van der Waals surface area contributed by atoms with Gasteiger partial charge in [0.05, 0.1) is 26.3 Å². The number of carbonyl (C=O) groups is 1. The van der Waals surface area contributed by atoms with Crippen LogP contribution in [0.1, 0.15) is 38.6 Å². The van der Waals surface area contributed by atoms with E-state index in [1.807, 2.05) is 68.3 Å². The maximum Gasteiger partial charge on any atom is 0.410 e. The van der Waals surface area contributed by atoms with Crippen LogP contribution in [0.25, 0.3) is 16.5 Å². The van der Waals surface area contributed by atoms with Gasteiger partial charge in [-0.15, -0.1) is 0 Å². The Bertz CT molecular complexity index is 1860. The van der Waals surface area contributed by atoms with Gasteiger partial charge in [-0.1, -0.05) is 6.08 Å². The van der Waals surface area contributed by atoms with Gasteiger partial charge in [-0.05, 0) is 62.6 Å². The number of aromatic nitrogens is 3. The number of fused-ring (bicyclic) bond motifs is 1. The van der Waals surface area contributed by atoms with Gasteiger partial charge in [0.25, 0.3) is 0 Å². The lowest BCUT2D eigenvalue weighted by atomic mass is 9.99. The maximum atomic E-state index is 13.1. The molecule has 2 aromatic carbocycles. The molecule has 0 radical (unpaired) electrons. The average Bonchev–Trinajstić information content (AvgIpc) is 3.51. The fourth-order valence-corrected chi connectivity index (χ4v) is 6.06. The molecule has 46 heavy (non-hydrogen) atoms.